The summed E-state index contributed by atoms with van der Waals surface area (Å²) in [5, 5.41) is 31.4. The molecule has 2 heterocycles. The molecule has 0 amide bonds. The highest BCUT2D eigenvalue weighted by Crippen LogP contribution is 2.35. The van der Waals surface area contributed by atoms with E-state index in [1.165, 1.54) is 22.7 Å². The molecule has 5 rings (SSSR count). The van der Waals surface area contributed by atoms with Gasteiger partial charge in [0.05, 0.1) is 33.1 Å². The van der Waals surface area contributed by atoms with Crippen LogP contribution in [0.1, 0.15) is 0 Å². The fourth-order valence-electron chi connectivity index (χ4n) is 3.45. The molecule has 3 aromatic carbocycles. The lowest BCUT2D eigenvalue weighted by atomic mass is 10.0. The molecule has 0 N–H and O–H groups in total. The third-order valence-electron chi connectivity index (χ3n) is 4.75. The summed E-state index contributed by atoms with van der Waals surface area (Å²) in [6, 6.07) is 17.5. The van der Waals surface area contributed by atoms with Crippen LogP contribution < -0.4 is 9.33 Å². The van der Waals surface area contributed by atoms with E-state index in [0.29, 0.717) is 9.33 Å². The van der Waals surface area contributed by atoms with Gasteiger partial charge in [-0.1, -0.05) is 24.3 Å². The molecule has 136 valence electrons. The molecule has 0 atom stereocenters. The van der Waals surface area contributed by atoms with Crippen LogP contribution in [-0.4, -0.2) is 9.97 Å². The molecule has 0 unspecified atom stereocenters. The molecule has 0 aliphatic heterocycles. The molecule has 0 aliphatic carbocycles. The minimum Gasteiger partial charge on any atom is -0.247 e. The Hall–Kier alpha value is -4.34. The maximum atomic E-state index is 9.21. The first-order valence-corrected chi connectivity index (χ1v) is 10.2. The summed E-state index contributed by atoms with van der Waals surface area (Å²) >= 11 is 2.64. The molecule has 0 saturated heterocycles. The maximum absolute atomic E-state index is 9.21. The molecule has 2 aromatic heterocycles. The topological polar surface area (TPSA) is 102 Å². The van der Waals surface area contributed by atoms with Gasteiger partial charge < -0.3 is 0 Å². The van der Waals surface area contributed by atoms with Crippen molar-refractivity contribution < 1.29 is 0 Å². The molecule has 6 nitrogen and oxygen atoms in total. The van der Waals surface area contributed by atoms with Crippen LogP contribution in [0.2, 0.25) is 0 Å². The van der Waals surface area contributed by atoms with E-state index in [9.17, 15) is 5.26 Å². The number of nitrogens with zero attached hydrogens (tertiary/aromatic N) is 6. The monoisotopic (exact) mass is 418 g/mol. The number of hydrogen-bond acceptors (Lipinski definition) is 7. The third kappa shape index (κ3) is 2.43. The lowest BCUT2D eigenvalue weighted by molar-refractivity contribution is 1.40. The lowest BCUT2D eigenvalue weighted by Crippen LogP contribution is -2.00. The van der Waals surface area contributed by atoms with E-state index < -0.39 is 0 Å². The van der Waals surface area contributed by atoms with Crippen molar-refractivity contribution in [1.29, 1.82) is 15.8 Å². The Morgan fingerprint density at radius 2 is 1.63 bits per heavy atom. The van der Waals surface area contributed by atoms with Crippen LogP contribution in [-0.2, 0) is 0 Å². The summed E-state index contributed by atoms with van der Waals surface area (Å²) in [6.45, 7) is 7.20. The second-order valence-electron chi connectivity index (χ2n) is 6.29. The molecule has 8 heteroatoms. The average molecular weight is 418 g/mol. The van der Waals surface area contributed by atoms with Crippen LogP contribution in [0.15, 0.2) is 36.4 Å². The summed E-state index contributed by atoms with van der Waals surface area (Å²) in [7, 11) is 0. The summed E-state index contributed by atoms with van der Waals surface area (Å²) in [4.78, 5) is 12.3. The van der Waals surface area contributed by atoms with Crippen LogP contribution >= 0.6 is 22.7 Å². The normalized spacial score (nSPS) is 11.7. The van der Waals surface area contributed by atoms with Crippen molar-refractivity contribution in [2.45, 2.75) is 0 Å². The van der Waals surface area contributed by atoms with Gasteiger partial charge in [0, 0.05) is 10.8 Å². The summed E-state index contributed by atoms with van der Waals surface area (Å²) in [6.07, 6.45) is 0. The van der Waals surface area contributed by atoms with Crippen molar-refractivity contribution in [2.75, 3.05) is 0 Å². The van der Waals surface area contributed by atoms with Crippen LogP contribution in [0, 0.1) is 40.6 Å². The SMILES string of the molecule is [C-]#[N+]/C(C#N)=c1/nc2c(ccc3ccc4c(ccc5nc(=C(C#N)C#N)sc54)c32)s1. The Kier molecular flexibility index (Phi) is 3.91. The van der Waals surface area contributed by atoms with Crippen molar-refractivity contribution in [3.63, 3.8) is 0 Å². The van der Waals surface area contributed by atoms with Crippen LogP contribution in [0.4, 0.5) is 0 Å². The highest BCUT2D eigenvalue weighted by atomic mass is 32.1. The predicted molar refractivity (Wildman–Crippen MR) is 117 cm³/mol. The van der Waals surface area contributed by atoms with Crippen molar-refractivity contribution in [2.24, 2.45) is 0 Å². The van der Waals surface area contributed by atoms with E-state index in [2.05, 4.69) is 14.8 Å². The van der Waals surface area contributed by atoms with Crippen LogP contribution in [0.25, 0.3) is 58.1 Å². The van der Waals surface area contributed by atoms with Crippen molar-refractivity contribution in [3.05, 3.63) is 57.1 Å². The highest BCUT2D eigenvalue weighted by molar-refractivity contribution is 7.18. The fraction of sp³-hybridized carbons (Fsp3) is 0. The zero-order valence-electron chi connectivity index (χ0n) is 15.0. The number of nitriles is 3. The maximum Gasteiger partial charge on any atom is 0.296 e. The zero-order valence-corrected chi connectivity index (χ0v) is 16.6. The number of thiazole rings is 2. The summed E-state index contributed by atoms with van der Waals surface area (Å²) < 4.78 is 2.61. The zero-order chi connectivity index (χ0) is 20.8. The van der Waals surface area contributed by atoms with E-state index >= 15 is 0 Å². The number of fused-ring (bicyclic) bond motifs is 7. The van der Waals surface area contributed by atoms with Gasteiger partial charge >= 0.3 is 0 Å². The molecule has 0 fully saturated rings. The molecular weight excluding hydrogens is 412 g/mol. The van der Waals surface area contributed by atoms with E-state index in [1.807, 2.05) is 54.6 Å². The van der Waals surface area contributed by atoms with Gasteiger partial charge in [0.25, 0.3) is 5.70 Å². The Morgan fingerprint density at radius 1 is 0.867 bits per heavy atom. The van der Waals surface area contributed by atoms with E-state index in [-0.39, 0.29) is 11.3 Å². The second-order valence-corrected chi connectivity index (χ2v) is 8.32. The van der Waals surface area contributed by atoms with Gasteiger partial charge in [0.1, 0.15) is 21.5 Å². The largest absolute Gasteiger partial charge is 0.296 e. The first-order valence-electron chi connectivity index (χ1n) is 8.56. The lowest BCUT2D eigenvalue weighted by Gasteiger charge is -2.05. The van der Waals surface area contributed by atoms with Gasteiger partial charge in [-0.25, -0.2) is 20.1 Å². The molecule has 5 aromatic rings. The number of hydrogen-bond donors (Lipinski definition) is 0. The Bertz CT molecular complexity index is 1810. The molecule has 30 heavy (non-hydrogen) atoms. The Balaban J connectivity index is 1.99. The van der Waals surface area contributed by atoms with Gasteiger partial charge in [-0.3, -0.25) is 0 Å². The van der Waals surface area contributed by atoms with Crippen molar-refractivity contribution in [3.8, 4) is 18.2 Å². The minimum absolute atomic E-state index is 0.00427. The van der Waals surface area contributed by atoms with Crippen molar-refractivity contribution >= 4 is 75.9 Å². The van der Waals surface area contributed by atoms with Gasteiger partial charge in [0.15, 0.2) is 5.57 Å². The van der Waals surface area contributed by atoms with E-state index in [4.69, 9.17) is 17.1 Å². The summed E-state index contributed by atoms with van der Waals surface area (Å²) in [5.74, 6) is 0. The van der Waals surface area contributed by atoms with Crippen LogP contribution in [0.3, 0.4) is 0 Å². The standard InChI is InChI=1S/C22H6N6S2/c1-26-16(10-25)22-28-19-17(29-22)7-3-11-2-4-14-13(18(11)19)5-6-15-20(14)30-21(27-15)12(8-23)9-24/h2-7H/b22-16-. The molecule has 0 saturated carbocycles. The molecule has 0 radical (unpaired) electrons. The number of aromatic nitrogens is 2. The Morgan fingerprint density at radius 3 is 2.37 bits per heavy atom. The minimum atomic E-state index is -0.0184. The van der Waals surface area contributed by atoms with E-state index in [0.717, 1.165) is 42.0 Å². The first-order chi connectivity index (χ1) is 14.7. The molecular formula is C22H6N6S2. The fourth-order valence-corrected chi connectivity index (χ4v) is 5.40. The third-order valence-corrected chi connectivity index (χ3v) is 6.90. The Labute approximate surface area is 176 Å². The smallest absolute Gasteiger partial charge is 0.247 e. The average Bonchev–Trinajstić information content (AvgIpc) is 3.39. The molecule has 0 spiro atoms. The summed E-state index contributed by atoms with van der Waals surface area (Å²) in [5.41, 5.74) is 1.45. The van der Waals surface area contributed by atoms with E-state index in [1.54, 1.807) is 0 Å². The van der Waals surface area contributed by atoms with Gasteiger partial charge in [-0.05, 0) is 22.9 Å². The molecule has 0 bridgehead atoms. The van der Waals surface area contributed by atoms with Gasteiger partial charge in [-0.15, -0.1) is 22.7 Å². The highest BCUT2D eigenvalue weighted by Gasteiger charge is 2.13. The van der Waals surface area contributed by atoms with Gasteiger partial charge in [0.2, 0.25) is 0 Å². The number of benzene rings is 3. The molecule has 0 aliphatic rings. The van der Waals surface area contributed by atoms with Gasteiger partial charge in [-0.2, -0.15) is 10.5 Å². The van der Waals surface area contributed by atoms with Crippen molar-refractivity contribution in [1.82, 2.24) is 9.97 Å². The number of rotatable bonds is 0. The second kappa shape index (κ2) is 6.62. The first kappa shape index (κ1) is 17.7. The van der Waals surface area contributed by atoms with Crippen LogP contribution in [0.5, 0.6) is 0 Å². The predicted octanol–water partition coefficient (Wildman–Crippen LogP) is 3.96. The quantitative estimate of drug-likeness (QED) is 0.280.